The summed E-state index contributed by atoms with van der Waals surface area (Å²) in [6.45, 7) is 4.38. The minimum atomic E-state index is -0.819. The topological polar surface area (TPSA) is 29.9 Å². The minimum absolute atomic E-state index is 0.491. The molecule has 1 heterocycles. The molecule has 3 nitrogen and oxygen atoms in total. The quantitative estimate of drug-likeness (QED) is 0.813. The molecule has 2 aromatic rings. The van der Waals surface area contributed by atoms with E-state index in [0.717, 1.165) is 36.8 Å². The van der Waals surface area contributed by atoms with E-state index in [4.69, 9.17) is 0 Å². The van der Waals surface area contributed by atoms with Crippen LogP contribution in [0.1, 0.15) is 18.2 Å². The Morgan fingerprint density at radius 1 is 1.26 bits per heavy atom. The molecule has 0 aliphatic rings. The van der Waals surface area contributed by atoms with Crippen molar-refractivity contribution in [3.05, 3.63) is 53.6 Å². The summed E-state index contributed by atoms with van der Waals surface area (Å²) < 4.78 is 27.8. The molecule has 1 N–H and O–H groups in total. The molecule has 0 unspecified atom stereocenters. The van der Waals surface area contributed by atoms with Gasteiger partial charge >= 0.3 is 0 Å². The molecular weight excluding hydrogens is 248 g/mol. The molecule has 0 saturated heterocycles. The van der Waals surface area contributed by atoms with Gasteiger partial charge in [-0.25, -0.2) is 13.8 Å². The van der Waals surface area contributed by atoms with Crippen LogP contribution < -0.4 is 5.32 Å². The Labute approximate surface area is 111 Å². The van der Waals surface area contributed by atoms with Crippen molar-refractivity contribution in [2.45, 2.75) is 19.9 Å². The van der Waals surface area contributed by atoms with E-state index in [9.17, 15) is 8.78 Å². The number of hydrogen-bond donors (Lipinski definition) is 1. The van der Waals surface area contributed by atoms with Crippen LogP contribution in [0, 0.1) is 11.6 Å². The van der Waals surface area contributed by atoms with Crippen LogP contribution in [0.25, 0.3) is 0 Å². The first-order valence-corrected chi connectivity index (χ1v) is 6.34. The van der Waals surface area contributed by atoms with Gasteiger partial charge in [0.25, 0.3) is 0 Å². The van der Waals surface area contributed by atoms with Crippen molar-refractivity contribution < 1.29 is 8.78 Å². The van der Waals surface area contributed by atoms with E-state index in [1.165, 1.54) is 6.07 Å². The lowest BCUT2D eigenvalue weighted by Gasteiger charge is -2.03. The molecule has 0 radical (unpaired) electrons. The van der Waals surface area contributed by atoms with Gasteiger partial charge in [-0.05, 0) is 24.2 Å². The van der Waals surface area contributed by atoms with Crippen LogP contribution in [-0.4, -0.2) is 22.6 Å². The Balaban J connectivity index is 1.97. The fourth-order valence-corrected chi connectivity index (χ4v) is 1.86. The smallest absolute Gasteiger partial charge is 0.159 e. The number of halogens is 2. The van der Waals surface area contributed by atoms with E-state index < -0.39 is 11.6 Å². The molecule has 5 heteroatoms. The largest absolute Gasteiger partial charge is 0.333 e. The highest BCUT2D eigenvalue weighted by atomic mass is 19.2. The van der Waals surface area contributed by atoms with E-state index in [1.807, 2.05) is 10.8 Å². The summed E-state index contributed by atoms with van der Waals surface area (Å²) in [5.74, 6) is -1.63. The van der Waals surface area contributed by atoms with Crippen LogP contribution in [-0.2, 0) is 13.0 Å². The highest BCUT2D eigenvalue weighted by molar-refractivity contribution is 5.18. The Bertz CT molecular complexity index is 537. The van der Waals surface area contributed by atoms with E-state index >= 15 is 0 Å². The normalized spacial score (nSPS) is 10.9. The molecule has 0 fully saturated rings. The highest BCUT2D eigenvalue weighted by Gasteiger charge is 2.04. The number of nitrogens with one attached hydrogen (secondary N) is 1. The van der Waals surface area contributed by atoms with Crippen LogP contribution in [0.2, 0.25) is 0 Å². The van der Waals surface area contributed by atoms with E-state index in [2.05, 4.69) is 17.2 Å². The molecule has 1 aromatic heterocycles. The molecule has 0 atom stereocenters. The number of benzene rings is 1. The molecule has 19 heavy (non-hydrogen) atoms. The van der Waals surface area contributed by atoms with Gasteiger partial charge in [-0.2, -0.15) is 0 Å². The number of imidazole rings is 1. The second-order valence-electron chi connectivity index (χ2n) is 4.39. The molecular formula is C14H17F2N3. The van der Waals surface area contributed by atoms with Crippen LogP contribution >= 0.6 is 0 Å². The Morgan fingerprint density at radius 3 is 2.84 bits per heavy atom. The molecule has 0 aliphatic heterocycles. The third-order valence-corrected chi connectivity index (χ3v) is 2.84. The fourth-order valence-electron chi connectivity index (χ4n) is 1.86. The summed E-state index contributed by atoms with van der Waals surface area (Å²) in [4.78, 5) is 4.28. The second kappa shape index (κ2) is 6.43. The minimum Gasteiger partial charge on any atom is -0.333 e. The van der Waals surface area contributed by atoms with Crippen molar-refractivity contribution in [1.29, 1.82) is 0 Å². The zero-order valence-corrected chi connectivity index (χ0v) is 10.9. The third kappa shape index (κ3) is 3.86. The SMILES string of the molecule is CCNCCc1cn(Cc2ccc(F)c(F)c2)cn1. The van der Waals surface area contributed by atoms with Gasteiger partial charge in [0.15, 0.2) is 11.6 Å². The second-order valence-corrected chi connectivity index (χ2v) is 4.39. The Hall–Kier alpha value is -1.75. The lowest BCUT2D eigenvalue weighted by Crippen LogP contribution is -2.16. The van der Waals surface area contributed by atoms with Crippen molar-refractivity contribution in [1.82, 2.24) is 14.9 Å². The summed E-state index contributed by atoms with van der Waals surface area (Å²) in [6.07, 6.45) is 4.50. The van der Waals surface area contributed by atoms with Crippen LogP contribution in [0.5, 0.6) is 0 Å². The van der Waals surface area contributed by atoms with Gasteiger partial charge in [0.2, 0.25) is 0 Å². The summed E-state index contributed by atoms with van der Waals surface area (Å²) in [7, 11) is 0. The first-order valence-electron chi connectivity index (χ1n) is 6.34. The predicted octanol–water partition coefficient (Wildman–Crippen LogP) is 2.36. The average molecular weight is 265 g/mol. The molecule has 0 aliphatic carbocycles. The van der Waals surface area contributed by atoms with E-state index in [1.54, 1.807) is 12.4 Å². The highest BCUT2D eigenvalue weighted by Crippen LogP contribution is 2.10. The number of rotatable bonds is 6. The van der Waals surface area contributed by atoms with Crippen molar-refractivity contribution >= 4 is 0 Å². The summed E-state index contributed by atoms with van der Waals surface area (Å²) >= 11 is 0. The molecule has 0 amide bonds. The number of nitrogens with zero attached hydrogens (tertiary/aromatic N) is 2. The van der Waals surface area contributed by atoms with Crippen LogP contribution in [0.15, 0.2) is 30.7 Å². The van der Waals surface area contributed by atoms with Crippen LogP contribution in [0.4, 0.5) is 8.78 Å². The van der Waals surface area contributed by atoms with Gasteiger partial charge in [-0.1, -0.05) is 13.0 Å². The van der Waals surface area contributed by atoms with E-state index in [-0.39, 0.29) is 0 Å². The zero-order valence-electron chi connectivity index (χ0n) is 10.9. The standard InChI is InChI=1S/C14H17F2N3/c1-2-17-6-5-12-9-19(10-18-12)8-11-3-4-13(15)14(16)7-11/h3-4,7,9-10,17H,2,5-6,8H2,1H3. The van der Waals surface area contributed by atoms with E-state index in [0.29, 0.717) is 6.54 Å². The first-order chi connectivity index (χ1) is 9.19. The van der Waals surface area contributed by atoms with Gasteiger partial charge in [0, 0.05) is 25.7 Å². The Kier molecular flexibility index (Phi) is 4.63. The lowest BCUT2D eigenvalue weighted by atomic mass is 10.2. The summed E-state index contributed by atoms with van der Waals surface area (Å²) in [5, 5.41) is 3.23. The predicted molar refractivity (Wildman–Crippen MR) is 69.9 cm³/mol. The van der Waals surface area contributed by atoms with Crippen molar-refractivity contribution in [3.8, 4) is 0 Å². The van der Waals surface area contributed by atoms with Gasteiger partial charge in [-0.15, -0.1) is 0 Å². The number of likely N-dealkylation sites (N-methyl/N-ethyl adjacent to an activating group) is 1. The van der Waals surface area contributed by atoms with Crippen LogP contribution in [0.3, 0.4) is 0 Å². The van der Waals surface area contributed by atoms with Crippen molar-refractivity contribution in [2.24, 2.45) is 0 Å². The Morgan fingerprint density at radius 2 is 2.11 bits per heavy atom. The monoisotopic (exact) mass is 265 g/mol. The molecule has 102 valence electrons. The maximum atomic E-state index is 13.1. The third-order valence-electron chi connectivity index (χ3n) is 2.84. The molecule has 0 bridgehead atoms. The average Bonchev–Trinajstić information content (AvgIpc) is 2.82. The molecule has 0 spiro atoms. The zero-order chi connectivity index (χ0) is 13.7. The first kappa shape index (κ1) is 13.7. The number of aromatic nitrogens is 2. The summed E-state index contributed by atoms with van der Waals surface area (Å²) in [6, 6.07) is 3.94. The van der Waals surface area contributed by atoms with Gasteiger partial charge < -0.3 is 9.88 Å². The number of hydrogen-bond acceptors (Lipinski definition) is 2. The van der Waals surface area contributed by atoms with Gasteiger partial charge in [0.05, 0.1) is 12.0 Å². The maximum absolute atomic E-state index is 13.1. The van der Waals surface area contributed by atoms with Gasteiger partial charge in [0.1, 0.15) is 0 Å². The fraction of sp³-hybridized carbons (Fsp3) is 0.357. The lowest BCUT2D eigenvalue weighted by molar-refractivity contribution is 0.506. The molecule has 1 aromatic carbocycles. The summed E-state index contributed by atoms with van der Waals surface area (Å²) in [5.41, 5.74) is 1.71. The van der Waals surface area contributed by atoms with Gasteiger partial charge in [-0.3, -0.25) is 0 Å². The molecule has 2 rings (SSSR count). The molecule has 0 saturated carbocycles. The van der Waals surface area contributed by atoms with Crippen molar-refractivity contribution in [2.75, 3.05) is 13.1 Å². The maximum Gasteiger partial charge on any atom is 0.159 e. The van der Waals surface area contributed by atoms with Crippen molar-refractivity contribution in [3.63, 3.8) is 0 Å².